The topological polar surface area (TPSA) is 35.5 Å². The van der Waals surface area contributed by atoms with Gasteiger partial charge >= 0.3 is 5.97 Å². The van der Waals surface area contributed by atoms with Crippen LogP contribution in [0.2, 0.25) is 5.02 Å². The van der Waals surface area contributed by atoms with Gasteiger partial charge < -0.3 is 9.47 Å². The summed E-state index contributed by atoms with van der Waals surface area (Å²) >= 11 is 5.87. The Kier molecular flexibility index (Phi) is 3.85. The van der Waals surface area contributed by atoms with Crippen molar-refractivity contribution in [1.82, 2.24) is 0 Å². The summed E-state index contributed by atoms with van der Waals surface area (Å²) in [4.78, 5) is 11.0. The highest BCUT2D eigenvalue weighted by Gasteiger charge is 2.07. The zero-order valence-electron chi connectivity index (χ0n) is 9.72. The van der Waals surface area contributed by atoms with Crippen molar-refractivity contribution in [3.05, 3.63) is 53.6 Å². The predicted molar refractivity (Wildman–Crippen MR) is 69.3 cm³/mol. The van der Waals surface area contributed by atoms with Crippen molar-refractivity contribution < 1.29 is 14.3 Å². The summed E-state index contributed by atoms with van der Waals surface area (Å²) < 4.78 is 10.7. The van der Waals surface area contributed by atoms with Crippen molar-refractivity contribution in [3.8, 4) is 17.2 Å². The number of para-hydroxylation sites is 2. The van der Waals surface area contributed by atoms with Crippen LogP contribution in [0.5, 0.6) is 17.2 Å². The van der Waals surface area contributed by atoms with Crippen LogP contribution in [-0.2, 0) is 4.79 Å². The van der Waals surface area contributed by atoms with Crippen molar-refractivity contribution in [3.63, 3.8) is 0 Å². The van der Waals surface area contributed by atoms with Crippen LogP contribution < -0.4 is 9.47 Å². The van der Waals surface area contributed by atoms with Crippen LogP contribution in [0.25, 0.3) is 0 Å². The van der Waals surface area contributed by atoms with E-state index in [1.165, 1.54) is 6.92 Å². The minimum Gasteiger partial charge on any atom is -0.453 e. The lowest BCUT2D eigenvalue weighted by Gasteiger charge is -2.10. The van der Waals surface area contributed by atoms with Crippen LogP contribution in [-0.4, -0.2) is 5.97 Å². The largest absolute Gasteiger partial charge is 0.453 e. The second-order valence-electron chi connectivity index (χ2n) is 3.60. The van der Waals surface area contributed by atoms with E-state index in [1.807, 2.05) is 0 Å². The Balaban J connectivity index is 2.26. The summed E-state index contributed by atoms with van der Waals surface area (Å²) in [6, 6.07) is 14.0. The fraction of sp³-hybridized carbons (Fsp3) is 0.0714. The highest BCUT2D eigenvalue weighted by atomic mass is 35.5. The molecule has 0 bridgehead atoms. The van der Waals surface area contributed by atoms with Gasteiger partial charge in [-0.25, -0.2) is 0 Å². The van der Waals surface area contributed by atoms with Crippen LogP contribution in [0, 0.1) is 0 Å². The van der Waals surface area contributed by atoms with Gasteiger partial charge in [0.15, 0.2) is 11.5 Å². The number of carbonyl (C=O) groups excluding carboxylic acids is 1. The molecular weight excluding hydrogens is 252 g/mol. The molecule has 0 saturated heterocycles. The Morgan fingerprint density at radius 2 is 1.78 bits per heavy atom. The Bertz CT molecular complexity index is 566. The van der Waals surface area contributed by atoms with E-state index in [0.717, 1.165) is 0 Å². The second kappa shape index (κ2) is 5.56. The number of benzene rings is 2. The van der Waals surface area contributed by atoms with Gasteiger partial charge in [-0.05, 0) is 30.3 Å². The first-order valence-corrected chi connectivity index (χ1v) is 5.74. The first-order chi connectivity index (χ1) is 8.65. The fourth-order valence-electron chi connectivity index (χ4n) is 1.43. The molecule has 0 fully saturated rings. The maximum atomic E-state index is 11.0. The Hall–Kier alpha value is -2.00. The normalized spacial score (nSPS) is 9.89. The Labute approximate surface area is 110 Å². The van der Waals surface area contributed by atoms with Crippen LogP contribution in [0.15, 0.2) is 48.5 Å². The summed E-state index contributed by atoms with van der Waals surface area (Å²) in [5.41, 5.74) is 0. The van der Waals surface area contributed by atoms with Crippen LogP contribution >= 0.6 is 11.6 Å². The lowest BCUT2D eigenvalue weighted by molar-refractivity contribution is -0.131. The van der Waals surface area contributed by atoms with E-state index in [2.05, 4.69) is 0 Å². The number of hydrogen-bond donors (Lipinski definition) is 0. The first-order valence-electron chi connectivity index (χ1n) is 5.36. The third-order valence-corrected chi connectivity index (χ3v) is 2.36. The Morgan fingerprint density at radius 1 is 1.06 bits per heavy atom. The lowest BCUT2D eigenvalue weighted by atomic mass is 10.3. The minimum absolute atomic E-state index is 0.380. The van der Waals surface area contributed by atoms with Gasteiger partial charge in [-0.3, -0.25) is 4.79 Å². The highest BCUT2D eigenvalue weighted by molar-refractivity contribution is 6.30. The fourth-order valence-corrected chi connectivity index (χ4v) is 1.61. The summed E-state index contributed by atoms with van der Waals surface area (Å²) in [5.74, 6) is 1.04. The molecule has 2 aromatic rings. The van der Waals surface area contributed by atoms with E-state index in [1.54, 1.807) is 48.5 Å². The number of halogens is 1. The third kappa shape index (κ3) is 3.25. The molecule has 0 aliphatic carbocycles. The molecule has 92 valence electrons. The summed E-state index contributed by atoms with van der Waals surface area (Å²) in [6.45, 7) is 1.34. The highest BCUT2D eigenvalue weighted by Crippen LogP contribution is 2.32. The molecule has 0 amide bonds. The van der Waals surface area contributed by atoms with E-state index in [0.29, 0.717) is 22.3 Å². The molecule has 0 unspecified atom stereocenters. The SMILES string of the molecule is CC(=O)Oc1ccccc1Oc1cccc(Cl)c1. The van der Waals surface area contributed by atoms with Gasteiger partial charge in [0.05, 0.1) is 0 Å². The van der Waals surface area contributed by atoms with Gasteiger partial charge in [-0.15, -0.1) is 0 Å². The van der Waals surface area contributed by atoms with Gasteiger partial charge in [0.25, 0.3) is 0 Å². The average Bonchev–Trinajstić information content (AvgIpc) is 2.31. The third-order valence-electron chi connectivity index (χ3n) is 2.13. The molecule has 0 aliphatic heterocycles. The molecule has 18 heavy (non-hydrogen) atoms. The number of hydrogen-bond acceptors (Lipinski definition) is 3. The molecule has 3 nitrogen and oxygen atoms in total. The zero-order chi connectivity index (χ0) is 13.0. The van der Waals surface area contributed by atoms with Crippen molar-refractivity contribution in [2.75, 3.05) is 0 Å². The standard InChI is InChI=1S/C14H11ClO3/c1-10(16)17-13-7-2-3-8-14(13)18-12-6-4-5-11(15)9-12/h2-9H,1H3. The number of carbonyl (C=O) groups is 1. The number of esters is 1. The second-order valence-corrected chi connectivity index (χ2v) is 4.04. The maximum Gasteiger partial charge on any atom is 0.308 e. The molecular formula is C14H11ClO3. The van der Waals surface area contributed by atoms with Gasteiger partial charge in [-0.2, -0.15) is 0 Å². The quantitative estimate of drug-likeness (QED) is 0.618. The van der Waals surface area contributed by atoms with Crippen molar-refractivity contribution in [2.24, 2.45) is 0 Å². The van der Waals surface area contributed by atoms with Crippen molar-refractivity contribution >= 4 is 17.6 Å². The molecule has 0 aliphatic rings. The predicted octanol–water partition coefficient (Wildman–Crippen LogP) is 4.06. The molecule has 0 atom stereocenters. The summed E-state index contributed by atoms with van der Waals surface area (Å²) in [7, 11) is 0. The Morgan fingerprint density at radius 3 is 2.44 bits per heavy atom. The lowest BCUT2D eigenvalue weighted by Crippen LogP contribution is -2.02. The smallest absolute Gasteiger partial charge is 0.308 e. The molecule has 2 aromatic carbocycles. The van der Waals surface area contributed by atoms with E-state index in [4.69, 9.17) is 21.1 Å². The van der Waals surface area contributed by atoms with Gasteiger partial charge in [0, 0.05) is 11.9 Å². The molecule has 0 heterocycles. The van der Waals surface area contributed by atoms with Gasteiger partial charge in [0.1, 0.15) is 5.75 Å². The number of ether oxygens (including phenoxy) is 2. The molecule has 0 saturated carbocycles. The van der Waals surface area contributed by atoms with Crippen LogP contribution in [0.3, 0.4) is 0 Å². The molecule has 0 spiro atoms. The van der Waals surface area contributed by atoms with Crippen molar-refractivity contribution in [2.45, 2.75) is 6.92 Å². The maximum absolute atomic E-state index is 11.0. The molecule has 0 radical (unpaired) electrons. The van der Waals surface area contributed by atoms with E-state index in [-0.39, 0.29) is 0 Å². The van der Waals surface area contributed by atoms with E-state index >= 15 is 0 Å². The summed E-state index contributed by atoms with van der Waals surface area (Å²) in [5, 5.41) is 0.581. The monoisotopic (exact) mass is 262 g/mol. The van der Waals surface area contributed by atoms with Gasteiger partial charge in [-0.1, -0.05) is 29.8 Å². The van der Waals surface area contributed by atoms with Crippen LogP contribution in [0.1, 0.15) is 6.92 Å². The van der Waals surface area contributed by atoms with Gasteiger partial charge in [0.2, 0.25) is 0 Å². The minimum atomic E-state index is -0.392. The van der Waals surface area contributed by atoms with E-state index < -0.39 is 5.97 Å². The van der Waals surface area contributed by atoms with Crippen LogP contribution in [0.4, 0.5) is 0 Å². The molecule has 0 N–H and O–H groups in total. The average molecular weight is 263 g/mol. The summed E-state index contributed by atoms with van der Waals surface area (Å²) in [6.07, 6.45) is 0. The number of rotatable bonds is 3. The molecule has 2 rings (SSSR count). The molecule has 4 heteroatoms. The van der Waals surface area contributed by atoms with E-state index in [9.17, 15) is 4.79 Å². The molecule has 0 aromatic heterocycles. The zero-order valence-corrected chi connectivity index (χ0v) is 10.5. The first kappa shape index (κ1) is 12.5. The van der Waals surface area contributed by atoms with Crippen molar-refractivity contribution in [1.29, 1.82) is 0 Å².